The van der Waals surface area contributed by atoms with Crippen molar-refractivity contribution in [2.75, 3.05) is 13.1 Å². The van der Waals surface area contributed by atoms with Gasteiger partial charge in [-0.3, -0.25) is 9.59 Å². The lowest BCUT2D eigenvalue weighted by Crippen LogP contribution is -2.33. The van der Waals surface area contributed by atoms with Gasteiger partial charge in [0.1, 0.15) is 0 Å². The molecule has 1 saturated heterocycles. The van der Waals surface area contributed by atoms with Crippen molar-refractivity contribution in [2.45, 2.75) is 89.9 Å². The number of carbonyl (C=O) groups excluding carboxylic acids is 2. The molecule has 4 nitrogen and oxygen atoms in total. The van der Waals surface area contributed by atoms with Crippen LogP contribution in [-0.4, -0.2) is 29.8 Å². The van der Waals surface area contributed by atoms with Crippen LogP contribution in [-0.2, 0) is 9.59 Å². The molecule has 22 heavy (non-hydrogen) atoms. The fourth-order valence-corrected chi connectivity index (χ4v) is 3.11. The largest absolute Gasteiger partial charge is 0.370 e. The highest BCUT2D eigenvalue weighted by molar-refractivity contribution is 5.76. The van der Waals surface area contributed by atoms with Crippen LogP contribution in [0, 0.1) is 0 Å². The smallest absolute Gasteiger partial charge is 0.222 e. The molecule has 128 valence electrons. The highest BCUT2D eigenvalue weighted by Crippen LogP contribution is 2.14. The Balaban J connectivity index is 2.09. The predicted octanol–water partition coefficient (Wildman–Crippen LogP) is 3.78. The number of carbonyl (C=O) groups is 2. The van der Waals surface area contributed by atoms with Crippen LogP contribution in [0.3, 0.4) is 0 Å². The number of nitrogens with two attached hydrogens (primary N) is 1. The first-order valence-electron chi connectivity index (χ1n) is 9.26. The van der Waals surface area contributed by atoms with Gasteiger partial charge in [-0.1, -0.05) is 51.4 Å². The molecule has 2 amide bonds. The van der Waals surface area contributed by atoms with Gasteiger partial charge >= 0.3 is 0 Å². The average molecular weight is 310 g/mol. The molecular formula is C18H34N2O2. The Hall–Kier alpha value is -1.06. The van der Waals surface area contributed by atoms with Gasteiger partial charge in [0.05, 0.1) is 0 Å². The Bertz CT molecular complexity index is 308. The second-order valence-electron chi connectivity index (χ2n) is 6.59. The third-order valence-corrected chi connectivity index (χ3v) is 4.52. The molecule has 0 aliphatic carbocycles. The summed E-state index contributed by atoms with van der Waals surface area (Å²) in [5, 5.41) is 0. The third kappa shape index (κ3) is 9.80. The molecule has 1 rings (SSSR count). The van der Waals surface area contributed by atoms with E-state index in [0.717, 1.165) is 45.2 Å². The Morgan fingerprint density at radius 2 is 1.14 bits per heavy atom. The molecule has 0 radical (unpaired) electrons. The summed E-state index contributed by atoms with van der Waals surface area (Å²) in [5.41, 5.74) is 5.11. The van der Waals surface area contributed by atoms with Gasteiger partial charge in [0.2, 0.25) is 11.8 Å². The van der Waals surface area contributed by atoms with E-state index >= 15 is 0 Å². The molecule has 0 unspecified atom stereocenters. The van der Waals surface area contributed by atoms with Gasteiger partial charge in [-0.25, -0.2) is 0 Å². The summed E-state index contributed by atoms with van der Waals surface area (Å²) >= 11 is 0. The predicted molar refractivity (Wildman–Crippen MR) is 90.4 cm³/mol. The zero-order chi connectivity index (χ0) is 16.0. The summed E-state index contributed by atoms with van der Waals surface area (Å²) in [6.45, 7) is 1.91. The van der Waals surface area contributed by atoms with Crippen LogP contribution >= 0.6 is 0 Å². The van der Waals surface area contributed by atoms with Crippen LogP contribution in [0.1, 0.15) is 89.9 Å². The van der Waals surface area contributed by atoms with Crippen molar-refractivity contribution in [3.63, 3.8) is 0 Å². The topological polar surface area (TPSA) is 63.4 Å². The van der Waals surface area contributed by atoms with Crippen LogP contribution in [0.4, 0.5) is 0 Å². The van der Waals surface area contributed by atoms with E-state index in [4.69, 9.17) is 5.73 Å². The summed E-state index contributed by atoms with van der Waals surface area (Å²) in [6.07, 6.45) is 15.2. The van der Waals surface area contributed by atoms with Crippen LogP contribution in [0.15, 0.2) is 0 Å². The maximum atomic E-state index is 12.3. The number of nitrogens with zero attached hydrogens (tertiary/aromatic N) is 1. The van der Waals surface area contributed by atoms with Crippen LogP contribution in [0.25, 0.3) is 0 Å². The highest BCUT2D eigenvalue weighted by atomic mass is 16.2. The SMILES string of the molecule is NC(=O)CCCCCCCC(=O)N1CCCCCCCCC1. The van der Waals surface area contributed by atoms with Gasteiger partial charge < -0.3 is 10.6 Å². The molecule has 0 aromatic heterocycles. The van der Waals surface area contributed by atoms with Crippen molar-refractivity contribution in [3.05, 3.63) is 0 Å². The van der Waals surface area contributed by atoms with Crippen molar-refractivity contribution in [3.8, 4) is 0 Å². The quantitative estimate of drug-likeness (QED) is 0.693. The lowest BCUT2D eigenvalue weighted by atomic mass is 10.1. The van der Waals surface area contributed by atoms with Gasteiger partial charge in [-0.15, -0.1) is 0 Å². The Morgan fingerprint density at radius 3 is 1.68 bits per heavy atom. The van der Waals surface area contributed by atoms with Gasteiger partial charge in [-0.2, -0.15) is 0 Å². The fraction of sp³-hybridized carbons (Fsp3) is 0.889. The maximum Gasteiger partial charge on any atom is 0.222 e. The molecule has 2 N–H and O–H groups in total. The van der Waals surface area contributed by atoms with Crippen molar-refractivity contribution < 1.29 is 9.59 Å². The lowest BCUT2D eigenvalue weighted by molar-refractivity contribution is -0.131. The number of primary amides is 1. The standard InChI is InChI=1S/C18H34N2O2/c19-17(21)13-9-5-4-6-10-14-18(22)20-15-11-7-2-1-3-8-12-16-20/h1-16H2,(H2,19,21). The molecule has 0 atom stereocenters. The van der Waals surface area contributed by atoms with E-state index in [1.165, 1.54) is 44.9 Å². The third-order valence-electron chi connectivity index (χ3n) is 4.52. The molecule has 1 aliphatic rings. The molecule has 0 saturated carbocycles. The molecule has 0 bridgehead atoms. The molecule has 1 heterocycles. The minimum atomic E-state index is -0.209. The number of unbranched alkanes of at least 4 members (excludes halogenated alkanes) is 4. The van der Waals surface area contributed by atoms with E-state index in [1.807, 2.05) is 0 Å². The van der Waals surface area contributed by atoms with E-state index in [2.05, 4.69) is 4.90 Å². The van der Waals surface area contributed by atoms with E-state index in [9.17, 15) is 9.59 Å². The van der Waals surface area contributed by atoms with Gasteiger partial charge in [0.25, 0.3) is 0 Å². The first kappa shape index (κ1) is 19.0. The maximum absolute atomic E-state index is 12.3. The van der Waals surface area contributed by atoms with Gasteiger partial charge in [0, 0.05) is 25.9 Å². The second-order valence-corrected chi connectivity index (χ2v) is 6.59. The minimum absolute atomic E-state index is 0.209. The zero-order valence-corrected chi connectivity index (χ0v) is 14.2. The fourth-order valence-electron chi connectivity index (χ4n) is 3.11. The van der Waals surface area contributed by atoms with Crippen LogP contribution in [0.5, 0.6) is 0 Å². The van der Waals surface area contributed by atoms with Crippen molar-refractivity contribution in [2.24, 2.45) is 5.73 Å². The number of amides is 2. The summed E-state index contributed by atoms with van der Waals surface area (Å²) in [7, 11) is 0. The summed E-state index contributed by atoms with van der Waals surface area (Å²) in [4.78, 5) is 25.0. The minimum Gasteiger partial charge on any atom is -0.370 e. The van der Waals surface area contributed by atoms with Crippen molar-refractivity contribution in [1.29, 1.82) is 0 Å². The molecule has 0 aromatic carbocycles. The number of rotatable bonds is 8. The Kier molecular flexibility index (Phi) is 10.8. The summed E-state index contributed by atoms with van der Waals surface area (Å²) in [5.74, 6) is 0.136. The van der Waals surface area contributed by atoms with E-state index in [-0.39, 0.29) is 5.91 Å². The molecule has 1 fully saturated rings. The molecule has 1 aliphatic heterocycles. The number of hydrogen-bond donors (Lipinski definition) is 1. The monoisotopic (exact) mass is 310 g/mol. The van der Waals surface area contributed by atoms with E-state index in [1.54, 1.807) is 0 Å². The summed E-state index contributed by atoms with van der Waals surface area (Å²) in [6, 6.07) is 0. The van der Waals surface area contributed by atoms with E-state index < -0.39 is 0 Å². The Morgan fingerprint density at radius 1 is 0.682 bits per heavy atom. The molecular weight excluding hydrogens is 276 g/mol. The molecule has 0 aromatic rings. The van der Waals surface area contributed by atoms with Gasteiger partial charge in [0.15, 0.2) is 0 Å². The van der Waals surface area contributed by atoms with Gasteiger partial charge in [-0.05, 0) is 25.7 Å². The number of hydrogen-bond acceptors (Lipinski definition) is 2. The van der Waals surface area contributed by atoms with Crippen molar-refractivity contribution >= 4 is 11.8 Å². The normalized spacial score (nSPS) is 17.2. The Labute approximate surface area is 135 Å². The van der Waals surface area contributed by atoms with Crippen molar-refractivity contribution in [1.82, 2.24) is 4.90 Å². The lowest BCUT2D eigenvalue weighted by Gasteiger charge is -2.24. The zero-order valence-electron chi connectivity index (χ0n) is 14.2. The molecule has 4 heteroatoms. The van der Waals surface area contributed by atoms with E-state index in [0.29, 0.717) is 18.7 Å². The van der Waals surface area contributed by atoms with Crippen LogP contribution in [0.2, 0.25) is 0 Å². The summed E-state index contributed by atoms with van der Waals surface area (Å²) < 4.78 is 0. The molecule has 0 spiro atoms. The second kappa shape index (κ2) is 12.5. The average Bonchev–Trinajstić information content (AvgIpc) is 2.51. The first-order valence-corrected chi connectivity index (χ1v) is 9.26. The van der Waals surface area contributed by atoms with Crippen LogP contribution < -0.4 is 5.73 Å². The first-order chi connectivity index (χ1) is 10.7. The highest BCUT2D eigenvalue weighted by Gasteiger charge is 2.13.